The summed E-state index contributed by atoms with van der Waals surface area (Å²) < 4.78 is 0. The van der Waals surface area contributed by atoms with Crippen molar-refractivity contribution in [3.63, 3.8) is 0 Å². The summed E-state index contributed by atoms with van der Waals surface area (Å²) in [5.74, 6) is 1.09. The molecule has 0 amide bonds. The third-order valence-electron chi connectivity index (χ3n) is 1.84. The Hall–Kier alpha value is -0.510. The van der Waals surface area contributed by atoms with Crippen LogP contribution in [0.3, 0.4) is 0 Å². The van der Waals surface area contributed by atoms with Crippen LogP contribution in [-0.4, -0.2) is 24.2 Å². The molecule has 14 heavy (non-hydrogen) atoms. The minimum Gasteiger partial charge on any atom is -0.236 e. The van der Waals surface area contributed by atoms with Crippen molar-refractivity contribution in [3.05, 3.63) is 35.9 Å². The highest BCUT2D eigenvalue weighted by Gasteiger charge is 2.06. The van der Waals surface area contributed by atoms with Crippen LogP contribution in [0.25, 0.3) is 0 Å². The van der Waals surface area contributed by atoms with Crippen LogP contribution < -0.4 is 0 Å². The first-order valence-electron chi connectivity index (χ1n) is 4.68. The van der Waals surface area contributed by atoms with Gasteiger partial charge in [0.1, 0.15) is 6.10 Å². The molecule has 0 aromatic heterocycles. The van der Waals surface area contributed by atoms with E-state index in [1.54, 1.807) is 0 Å². The van der Waals surface area contributed by atoms with Gasteiger partial charge in [0.15, 0.2) is 0 Å². The molecule has 0 heterocycles. The van der Waals surface area contributed by atoms with Crippen LogP contribution in [0.2, 0.25) is 0 Å². The van der Waals surface area contributed by atoms with Gasteiger partial charge < -0.3 is 0 Å². The van der Waals surface area contributed by atoms with Crippen molar-refractivity contribution < 1.29 is 10.2 Å². The van der Waals surface area contributed by atoms with Crippen molar-refractivity contribution in [2.24, 2.45) is 0 Å². The Bertz CT molecular complexity index is 238. The second-order valence-electron chi connectivity index (χ2n) is 3.09. The third kappa shape index (κ3) is 4.65. The predicted molar refractivity (Wildman–Crippen MR) is 57.5 cm³/mol. The van der Waals surface area contributed by atoms with Gasteiger partial charge in [-0.15, -0.1) is 0 Å². The lowest BCUT2D eigenvalue weighted by molar-refractivity contribution is 0.110. The lowest BCUT2D eigenvalue weighted by atomic mass is 10.1. The van der Waals surface area contributed by atoms with E-state index in [9.17, 15) is 10.2 Å². The van der Waals surface area contributed by atoms with Crippen LogP contribution in [0.1, 0.15) is 5.56 Å². The lowest BCUT2D eigenvalue weighted by Crippen LogP contribution is -2.12. The van der Waals surface area contributed by atoms with Crippen molar-refractivity contribution in [1.82, 2.24) is 0 Å². The van der Waals surface area contributed by atoms with Gasteiger partial charge in [0.2, 0.25) is 0 Å². The van der Waals surface area contributed by atoms with Crippen molar-refractivity contribution in [2.75, 3.05) is 18.1 Å². The van der Waals surface area contributed by atoms with Gasteiger partial charge in [0, 0.05) is 17.9 Å². The number of thioether (sulfide) groups is 1. The largest absolute Gasteiger partial charge is 0.236 e. The summed E-state index contributed by atoms with van der Waals surface area (Å²) in [6.45, 7) is -0.0945. The molecule has 0 spiro atoms. The van der Waals surface area contributed by atoms with Crippen molar-refractivity contribution in [2.45, 2.75) is 12.5 Å². The Balaban J connectivity index is 2.23. The standard InChI is InChI=1S/C11H14O2S/c12-6-7-14-9-11(13)8-10-4-2-1-3-5-10/h1-5,11H,6-9H2. The van der Waals surface area contributed by atoms with Gasteiger partial charge >= 0.3 is 0 Å². The second kappa shape index (κ2) is 6.87. The van der Waals surface area contributed by atoms with Crippen LogP contribution in [0.4, 0.5) is 0 Å². The fourth-order valence-electron chi connectivity index (χ4n) is 1.21. The summed E-state index contributed by atoms with van der Waals surface area (Å²) >= 11 is 1.46. The molecule has 0 fully saturated rings. The van der Waals surface area contributed by atoms with E-state index < -0.39 is 6.10 Å². The van der Waals surface area contributed by atoms with E-state index in [0.29, 0.717) is 17.9 Å². The summed E-state index contributed by atoms with van der Waals surface area (Å²) in [5, 5.41) is 21.6. The van der Waals surface area contributed by atoms with Crippen LogP contribution in [0.5, 0.6) is 0 Å². The van der Waals surface area contributed by atoms with Crippen molar-refractivity contribution in [1.29, 1.82) is 0 Å². The fourth-order valence-corrected chi connectivity index (χ4v) is 1.87. The normalized spacial score (nSPS) is 12.7. The predicted octanol–water partition coefficient (Wildman–Crippen LogP) is 2.19. The van der Waals surface area contributed by atoms with E-state index in [4.69, 9.17) is 0 Å². The van der Waals surface area contributed by atoms with E-state index in [1.165, 1.54) is 11.8 Å². The highest BCUT2D eigenvalue weighted by Crippen LogP contribution is 2.08. The molecule has 1 unspecified atom stereocenters. The first kappa shape index (κ1) is 11.6. The smallest absolute Gasteiger partial charge is 0.106 e. The highest BCUT2D eigenvalue weighted by molar-refractivity contribution is 7.99. The van der Waals surface area contributed by atoms with E-state index in [1.807, 2.05) is 30.3 Å². The molecule has 1 aromatic carbocycles. The second-order valence-corrected chi connectivity index (χ2v) is 4.24. The van der Waals surface area contributed by atoms with Crippen LogP contribution in [-0.2, 0) is 16.6 Å². The summed E-state index contributed by atoms with van der Waals surface area (Å²) in [5.41, 5.74) is 1.08. The Kier molecular flexibility index (Phi) is 5.68. The molecule has 0 aliphatic rings. The molecule has 0 bridgehead atoms. The summed E-state index contributed by atoms with van der Waals surface area (Å²) in [6, 6.07) is 9.74. The van der Waals surface area contributed by atoms with Crippen LogP contribution in [0.15, 0.2) is 30.3 Å². The van der Waals surface area contributed by atoms with Crippen LogP contribution in [0, 0.1) is 0 Å². The molecule has 3 heteroatoms. The maximum Gasteiger partial charge on any atom is 0.106 e. The number of hydrogen-bond donors (Lipinski definition) is 0. The monoisotopic (exact) mass is 210 g/mol. The topological polar surface area (TPSA) is 39.8 Å². The molecule has 2 radical (unpaired) electrons. The quantitative estimate of drug-likeness (QED) is 0.663. The van der Waals surface area contributed by atoms with E-state index in [-0.39, 0.29) is 6.61 Å². The fraction of sp³-hybridized carbons (Fsp3) is 0.455. The van der Waals surface area contributed by atoms with Crippen molar-refractivity contribution in [3.8, 4) is 0 Å². The number of hydrogen-bond acceptors (Lipinski definition) is 1. The Morgan fingerprint density at radius 3 is 2.57 bits per heavy atom. The van der Waals surface area contributed by atoms with Gasteiger partial charge in [-0.2, -0.15) is 11.8 Å². The van der Waals surface area contributed by atoms with E-state index in [0.717, 1.165) is 5.56 Å². The Labute approximate surface area is 89.0 Å². The van der Waals surface area contributed by atoms with E-state index in [2.05, 4.69) is 0 Å². The van der Waals surface area contributed by atoms with Gasteiger partial charge in [-0.25, -0.2) is 10.2 Å². The van der Waals surface area contributed by atoms with Gasteiger partial charge in [0.05, 0.1) is 6.61 Å². The summed E-state index contributed by atoms with van der Waals surface area (Å²) in [6.07, 6.45) is -0.0267. The highest BCUT2D eigenvalue weighted by atomic mass is 32.2. The molecule has 0 aliphatic heterocycles. The zero-order valence-corrected chi connectivity index (χ0v) is 8.83. The lowest BCUT2D eigenvalue weighted by Gasteiger charge is -2.06. The molecule has 0 aliphatic carbocycles. The van der Waals surface area contributed by atoms with Crippen LogP contribution >= 0.6 is 11.8 Å². The van der Waals surface area contributed by atoms with Crippen molar-refractivity contribution >= 4 is 11.8 Å². The molecule has 1 atom stereocenters. The molecule has 0 saturated heterocycles. The first-order valence-corrected chi connectivity index (χ1v) is 5.84. The van der Waals surface area contributed by atoms with Gasteiger partial charge in [-0.3, -0.25) is 0 Å². The number of benzene rings is 1. The molecule has 0 saturated carbocycles. The number of rotatable bonds is 6. The molecule has 2 nitrogen and oxygen atoms in total. The molecule has 1 aromatic rings. The molecule has 0 N–H and O–H groups in total. The zero-order chi connectivity index (χ0) is 10.2. The van der Waals surface area contributed by atoms with Gasteiger partial charge in [-0.05, 0) is 5.56 Å². The molecule has 76 valence electrons. The SMILES string of the molecule is [O]CCSCC([O])Cc1ccccc1. The third-order valence-corrected chi connectivity index (χ3v) is 2.90. The maximum absolute atomic E-state index is 11.4. The summed E-state index contributed by atoms with van der Waals surface area (Å²) in [7, 11) is 0. The van der Waals surface area contributed by atoms with Gasteiger partial charge in [0.25, 0.3) is 0 Å². The minimum atomic E-state index is -0.589. The first-order chi connectivity index (χ1) is 6.83. The zero-order valence-electron chi connectivity index (χ0n) is 8.02. The average Bonchev–Trinajstić information content (AvgIpc) is 2.20. The Morgan fingerprint density at radius 2 is 1.93 bits per heavy atom. The Morgan fingerprint density at radius 1 is 1.21 bits per heavy atom. The molecule has 1 rings (SSSR count). The summed E-state index contributed by atoms with van der Waals surface area (Å²) in [4.78, 5) is 0. The molecular weight excluding hydrogens is 196 g/mol. The minimum absolute atomic E-state index is 0.0945. The van der Waals surface area contributed by atoms with E-state index >= 15 is 0 Å². The average molecular weight is 210 g/mol. The maximum atomic E-state index is 11.4. The van der Waals surface area contributed by atoms with Gasteiger partial charge in [-0.1, -0.05) is 30.3 Å². The molecular formula is C11H14O2S.